The Kier molecular flexibility index (Phi) is 9.15. The Labute approximate surface area is 215 Å². The van der Waals surface area contributed by atoms with Crippen LogP contribution in [0.2, 0.25) is 0 Å². The van der Waals surface area contributed by atoms with Gasteiger partial charge in [-0.3, -0.25) is 4.79 Å². The highest BCUT2D eigenvalue weighted by Gasteiger charge is 2.44. The Balaban J connectivity index is 1.73. The largest absolute Gasteiger partial charge is 0.497 e. The van der Waals surface area contributed by atoms with Crippen molar-refractivity contribution in [2.24, 2.45) is 0 Å². The first kappa shape index (κ1) is 28.7. The molecule has 2 heterocycles. The summed E-state index contributed by atoms with van der Waals surface area (Å²) in [7, 11) is 1.36. The molecule has 0 bridgehead atoms. The monoisotopic (exact) mass is 541 g/mol. The number of halogens is 3. The summed E-state index contributed by atoms with van der Waals surface area (Å²) in [5, 5.41) is 0. The molecular weight excluding hydrogens is 515 g/mol. The van der Waals surface area contributed by atoms with Crippen molar-refractivity contribution in [1.29, 1.82) is 0 Å². The molecule has 1 fully saturated rings. The Morgan fingerprint density at radius 3 is 2.39 bits per heavy atom. The normalized spacial score (nSPS) is 15.8. The van der Waals surface area contributed by atoms with Crippen LogP contribution in [0.3, 0.4) is 0 Å². The highest BCUT2D eigenvalue weighted by atomic mass is 19.4. The summed E-state index contributed by atoms with van der Waals surface area (Å²) >= 11 is 0. The zero-order chi connectivity index (χ0) is 27.9. The van der Waals surface area contributed by atoms with Crippen LogP contribution in [0.1, 0.15) is 49.0 Å². The lowest BCUT2D eigenvalue weighted by Crippen LogP contribution is -2.41. The molecule has 0 amide bonds. The number of ketones is 1. The Morgan fingerprint density at radius 1 is 1.05 bits per heavy atom. The average Bonchev–Trinajstić information content (AvgIpc) is 2.90. The minimum Gasteiger partial charge on any atom is -0.497 e. The predicted molar refractivity (Wildman–Crippen MR) is 123 cm³/mol. The second-order valence-corrected chi connectivity index (χ2v) is 8.73. The van der Waals surface area contributed by atoms with Crippen LogP contribution in [0.4, 0.5) is 13.2 Å². The van der Waals surface area contributed by atoms with Crippen LogP contribution >= 0.6 is 0 Å². The lowest BCUT2D eigenvalue weighted by atomic mass is 10.0. The molecule has 0 N–H and O–H groups in total. The fourth-order valence-electron chi connectivity index (χ4n) is 3.31. The second kappa shape index (κ2) is 12.1. The minimum atomic E-state index is -5.37. The molecule has 2 aromatic rings. The second-order valence-electron chi connectivity index (χ2n) is 8.73. The summed E-state index contributed by atoms with van der Waals surface area (Å²) in [5.41, 5.74) is -1.82. The molecule has 0 radical (unpaired) electrons. The van der Waals surface area contributed by atoms with Gasteiger partial charge in [0.25, 0.3) is 0 Å². The van der Waals surface area contributed by atoms with Crippen molar-refractivity contribution in [2.75, 3.05) is 20.3 Å². The number of pyridine rings is 1. The third-order valence-corrected chi connectivity index (χ3v) is 5.40. The fraction of sp³-hybridized carbons (Fsp3) is 0.440. The van der Waals surface area contributed by atoms with E-state index < -0.39 is 29.5 Å². The van der Waals surface area contributed by atoms with Crippen LogP contribution < -0.4 is 14.2 Å². The molecule has 1 saturated heterocycles. The summed E-state index contributed by atoms with van der Waals surface area (Å²) < 4.78 is 59.0. The number of nitrogens with zero attached hydrogens (tertiary/aromatic N) is 1. The van der Waals surface area contributed by atoms with E-state index in [-0.39, 0.29) is 28.7 Å². The number of aromatic nitrogens is 1. The van der Waals surface area contributed by atoms with E-state index in [0.29, 0.717) is 19.1 Å². The third kappa shape index (κ3) is 7.57. The molecule has 1 atom stereocenters. The van der Waals surface area contributed by atoms with Crippen LogP contribution in [0.25, 0.3) is 0 Å². The third-order valence-electron chi connectivity index (χ3n) is 5.40. The molecule has 38 heavy (non-hydrogen) atoms. The van der Waals surface area contributed by atoms with Crippen molar-refractivity contribution in [2.45, 2.75) is 51.0 Å². The van der Waals surface area contributed by atoms with E-state index in [1.807, 2.05) is 0 Å². The molecular formula is C25H26F3NO9. The summed E-state index contributed by atoms with van der Waals surface area (Å²) in [6, 6.07) is 7.18. The summed E-state index contributed by atoms with van der Waals surface area (Å²) in [4.78, 5) is 48.1. The average molecular weight is 541 g/mol. The molecule has 1 aliphatic rings. The molecule has 3 rings (SSSR count). The molecule has 10 nitrogen and oxygen atoms in total. The van der Waals surface area contributed by atoms with Crippen LogP contribution in [0.5, 0.6) is 17.4 Å². The molecule has 0 saturated carbocycles. The quantitative estimate of drug-likeness (QED) is 0.262. The van der Waals surface area contributed by atoms with Crippen molar-refractivity contribution in [1.82, 2.24) is 4.98 Å². The van der Waals surface area contributed by atoms with Gasteiger partial charge in [0.2, 0.25) is 11.5 Å². The number of carbonyl (C=O) groups is 3. The molecule has 1 aliphatic heterocycles. The van der Waals surface area contributed by atoms with Crippen LogP contribution in [0, 0.1) is 0 Å². The van der Waals surface area contributed by atoms with Gasteiger partial charge in [-0.05, 0) is 51.3 Å². The van der Waals surface area contributed by atoms with Gasteiger partial charge in [-0.1, -0.05) is 0 Å². The highest BCUT2D eigenvalue weighted by Crippen LogP contribution is 2.31. The zero-order valence-corrected chi connectivity index (χ0v) is 20.8. The minimum absolute atomic E-state index is 0.00923. The Morgan fingerprint density at radius 2 is 1.79 bits per heavy atom. The van der Waals surface area contributed by atoms with Crippen molar-refractivity contribution in [3.05, 3.63) is 47.7 Å². The van der Waals surface area contributed by atoms with Gasteiger partial charge in [0.1, 0.15) is 18.1 Å². The van der Waals surface area contributed by atoms with E-state index in [1.54, 1.807) is 0 Å². The lowest BCUT2D eigenvalue weighted by molar-refractivity contribution is -0.291. The molecule has 206 valence electrons. The molecule has 0 spiro atoms. The van der Waals surface area contributed by atoms with Gasteiger partial charge in [0.05, 0.1) is 18.8 Å². The van der Waals surface area contributed by atoms with Crippen LogP contribution in [-0.4, -0.2) is 60.9 Å². The van der Waals surface area contributed by atoms with E-state index >= 15 is 0 Å². The number of ether oxygens (including phenoxy) is 4. The van der Waals surface area contributed by atoms with Crippen molar-refractivity contribution < 1.29 is 56.3 Å². The van der Waals surface area contributed by atoms with E-state index in [0.717, 1.165) is 33.1 Å². The topological polar surface area (TPSA) is 119 Å². The van der Waals surface area contributed by atoms with E-state index in [1.165, 1.54) is 43.6 Å². The number of rotatable bonds is 9. The van der Waals surface area contributed by atoms with Gasteiger partial charge in [-0.2, -0.15) is 13.2 Å². The highest BCUT2D eigenvalue weighted by molar-refractivity contribution is 6.10. The summed E-state index contributed by atoms with van der Waals surface area (Å²) in [6.45, 7) is 3.32. The van der Waals surface area contributed by atoms with Gasteiger partial charge in [0, 0.05) is 30.5 Å². The summed E-state index contributed by atoms with van der Waals surface area (Å²) in [6.07, 6.45) is -1.09. The van der Waals surface area contributed by atoms with E-state index in [2.05, 4.69) is 14.8 Å². The number of hydrogen-bond donors (Lipinski definition) is 0. The van der Waals surface area contributed by atoms with Crippen LogP contribution in [-0.2, 0) is 24.1 Å². The molecule has 1 aromatic carbocycles. The maximum absolute atomic E-state index is 13.2. The number of methoxy groups -OCH3 is 1. The standard InChI is InChI=1S/C25H26F3NO9/c1-24(2,22(31)37-38-23(32)25(26,27)28)36-19-12-16(33-3)8-9-18(19)21(30)15-7-10-20(29-13-15)35-14-17-6-4-5-11-34-17/h7-10,12-13,17H,4-6,11,14H2,1-3H3. The smallest absolute Gasteiger partial charge is 0.495 e. The van der Waals surface area contributed by atoms with Crippen molar-refractivity contribution >= 4 is 17.7 Å². The number of carbonyl (C=O) groups excluding carboxylic acids is 3. The SMILES string of the molecule is COc1ccc(C(=O)c2ccc(OCC3CCCCO3)nc2)c(OC(C)(C)C(=O)OOC(=O)C(F)(F)F)c1. The van der Waals surface area contributed by atoms with Crippen LogP contribution in [0.15, 0.2) is 36.5 Å². The van der Waals surface area contributed by atoms with E-state index in [9.17, 15) is 27.6 Å². The molecule has 1 aromatic heterocycles. The zero-order valence-electron chi connectivity index (χ0n) is 20.8. The number of alkyl halides is 3. The first-order valence-electron chi connectivity index (χ1n) is 11.5. The van der Waals surface area contributed by atoms with Gasteiger partial charge in [-0.15, -0.1) is 0 Å². The number of hydrogen-bond acceptors (Lipinski definition) is 10. The lowest BCUT2D eigenvalue weighted by Gasteiger charge is -2.24. The van der Waals surface area contributed by atoms with Gasteiger partial charge in [-0.25, -0.2) is 24.3 Å². The maximum atomic E-state index is 13.2. The summed E-state index contributed by atoms with van der Waals surface area (Å²) in [5.74, 6) is -4.29. The van der Waals surface area contributed by atoms with Crippen molar-refractivity contribution in [3.8, 4) is 17.4 Å². The van der Waals surface area contributed by atoms with Gasteiger partial charge < -0.3 is 18.9 Å². The molecule has 0 aliphatic carbocycles. The Bertz CT molecular complexity index is 1140. The molecule has 13 heteroatoms. The fourth-order valence-corrected chi connectivity index (χ4v) is 3.31. The van der Waals surface area contributed by atoms with E-state index in [4.69, 9.17) is 18.9 Å². The van der Waals surface area contributed by atoms with Gasteiger partial charge >= 0.3 is 18.1 Å². The van der Waals surface area contributed by atoms with Gasteiger partial charge in [0.15, 0.2) is 5.78 Å². The van der Waals surface area contributed by atoms with Crippen molar-refractivity contribution in [3.63, 3.8) is 0 Å². The molecule has 1 unspecified atom stereocenters. The predicted octanol–water partition coefficient (Wildman–Crippen LogP) is 3.99. The first-order valence-corrected chi connectivity index (χ1v) is 11.5. The number of benzene rings is 1. The maximum Gasteiger partial charge on any atom is 0.495 e. The Hall–Kier alpha value is -3.87. The first-order chi connectivity index (χ1) is 17.9.